The Hall–Kier alpha value is -3.24. The van der Waals surface area contributed by atoms with Gasteiger partial charge >= 0.3 is 0 Å². The van der Waals surface area contributed by atoms with Crippen molar-refractivity contribution in [2.75, 3.05) is 19.7 Å². The fraction of sp³-hybridized carbons (Fsp3) is 0.259. The van der Waals surface area contributed by atoms with Crippen LogP contribution in [0.2, 0.25) is 0 Å². The van der Waals surface area contributed by atoms with Crippen molar-refractivity contribution >= 4 is 27.6 Å². The summed E-state index contributed by atoms with van der Waals surface area (Å²) in [4.78, 5) is 20.5. The predicted molar refractivity (Wildman–Crippen MR) is 125 cm³/mol. The Labute approximate surface area is 182 Å². The van der Waals surface area contributed by atoms with Gasteiger partial charge in [-0.1, -0.05) is 60.7 Å². The van der Waals surface area contributed by atoms with Gasteiger partial charge in [0.25, 0.3) is 5.91 Å². The van der Waals surface area contributed by atoms with E-state index in [1.54, 1.807) is 0 Å². The summed E-state index contributed by atoms with van der Waals surface area (Å²) in [7, 11) is 0. The van der Waals surface area contributed by atoms with E-state index >= 15 is 0 Å². The maximum atomic E-state index is 13.6. The second-order valence-corrected chi connectivity index (χ2v) is 8.05. The zero-order chi connectivity index (χ0) is 21.2. The first-order valence-electron chi connectivity index (χ1n) is 11.0. The molecular weight excluding hydrogens is 384 g/mol. The molecule has 3 aromatic carbocycles. The quantitative estimate of drug-likeness (QED) is 0.434. The van der Waals surface area contributed by atoms with E-state index in [2.05, 4.69) is 30.3 Å². The molecule has 4 aromatic rings. The Morgan fingerprint density at radius 3 is 2.48 bits per heavy atom. The van der Waals surface area contributed by atoms with Crippen molar-refractivity contribution in [3.8, 4) is 11.3 Å². The number of likely N-dealkylation sites (tertiary alicyclic amines) is 1. The predicted octanol–water partition coefficient (Wildman–Crippen LogP) is 5.70. The molecule has 0 atom stereocenters. The van der Waals surface area contributed by atoms with Crippen molar-refractivity contribution in [2.24, 2.45) is 0 Å². The number of pyridine rings is 1. The van der Waals surface area contributed by atoms with Crippen LogP contribution in [-0.2, 0) is 4.74 Å². The summed E-state index contributed by atoms with van der Waals surface area (Å²) in [6.45, 7) is 4.20. The number of rotatable bonds is 4. The van der Waals surface area contributed by atoms with Gasteiger partial charge in [0, 0.05) is 30.6 Å². The molecule has 1 aliphatic heterocycles. The first-order chi connectivity index (χ1) is 15.2. The van der Waals surface area contributed by atoms with Crippen LogP contribution in [0.3, 0.4) is 0 Å². The standard InChI is InChI=1S/C27H26N2O2/c1-2-31-20-14-16-29(17-15-20)27(30)24-18-26(28-25-13-6-5-11-23(24)25)22-12-7-9-19-8-3-4-10-21(19)22/h3-13,18,20H,2,14-17H2,1H3. The highest BCUT2D eigenvalue weighted by Crippen LogP contribution is 2.31. The van der Waals surface area contributed by atoms with Crippen LogP contribution >= 0.6 is 0 Å². The topological polar surface area (TPSA) is 42.4 Å². The Morgan fingerprint density at radius 2 is 1.68 bits per heavy atom. The number of carbonyl (C=O) groups is 1. The first kappa shape index (κ1) is 19.7. The molecular formula is C27H26N2O2. The number of carbonyl (C=O) groups excluding carboxylic acids is 1. The Morgan fingerprint density at radius 1 is 0.968 bits per heavy atom. The van der Waals surface area contributed by atoms with Crippen LogP contribution in [0.5, 0.6) is 0 Å². The Kier molecular flexibility index (Phi) is 5.39. The van der Waals surface area contributed by atoms with E-state index in [0.29, 0.717) is 0 Å². The van der Waals surface area contributed by atoms with Gasteiger partial charge in [0.1, 0.15) is 0 Å². The fourth-order valence-corrected chi connectivity index (χ4v) is 4.57. The highest BCUT2D eigenvalue weighted by molar-refractivity contribution is 6.08. The van der Waals surface area contributed by atoms with E-state index in [1.807, 2.05) is 54.3 Å². The van der Waals surface area contributed by atoms with Crippen molar-refractivity contribution in [3.63, 3.8) is 0 Å². The van der Waals surface area contributed by atoms with Crippen molar-refractivity contribution in [3.05, 3.63) is 78.4 Å². The monoisotopic (exact) mass is 410 g/mol. The molecule has 0 aliphatic carbocycles. The molecule has 1 aliphatic rings. The van der Waals surface area contributed by atoms with Crippen molar-refractivity contribution in [1.82, 2.24) is 9.88 Å². The third-order valence-corrected chi connectivity index (χ3v) is 6.14. The third kappa shape index (κ3) is 3.79. The maximum Gasteiger partial charge on any atom is 0.254 e. The van der Waals surface area contributed by atoms with Gasteiger partial charge in [-0.15, -0.1) is 0 Å². The molecule has 31 heavy (non-hydrogen) atoms. The van der Waals surface area contributed by atoms with Crippen LogP contribution in [0, 0.1) is 0 Å². The molecule has 0 unspecified atom stereocenters. The number of aromatic nitrogens is 1. The molecule has 1 amide bonds. The summed E-state index contributed by atoms with van der Waals surface area (Å²) in [6, 6.07) is 24.4. The molecule has 156 valence electrons. The van der Waals surface area contributed by atoms with E-state index in [9.17, 15) is 4.79 Å². The fourth-order valence-electron chi connectivity index (χ4n) is 4.57. The Bertz CT molecular complexity index is 1240. The number of fused-ring (bicyclic) bond motifs is 2. The van der Waals surface area contributed by atoms with Gasteiger partial charge in [-0.25, -0.2) is 4.98 Å². The summed E-state index contributed by atoms with van der Waals surface area (Å²) < 4.78 is 5.76. The molecule has 1 aromatic heterocycles. The van der Waals surface area contributed by atoms with E-state index in [1.165, 1.54) is 5.39 Å². The first-order valence-corrected chi connectivity index (χ1v) is 11.0. The highest BCUT2D eigenvalue weighted by Gasteiger charge is 2.25. The molecule has 2 heterocycles. The Balaban J connectivity index is 1.58. The molecule has 5 rings (SSSR count). The molecule has 0 spiro atoms. The van der Waals surface area contributed by atoms with Gasteiger partial charge in [-0.2, -0.15) is 0 Å². The van der Waals surface area contributed by atoms with E-state index < -0.39 is 0 Å². The number of amides is 1. The zero-order valence-corrected chi connectivity index (χ0v) is 17.8. The molecule has 0 bridgehead atoms. The molecule has 4 heteroatoms. The highest BCUT2D eigenvalue weighted by atomic mass is 16.5. The van der Waals surface area contributed by atoms with Crippen LogP contribution in [0.4, 0.5) is 0 Å². The summed E-state index contributed by atoms with van der Waals surface area (Å²) >= 11 is 0. The lowest BCUT2D eigenvalue weighted by atomic mass is 9.98. The van der Waals surface area contributed by atoms with Crippen LogP contribution in [0.25, 0.3) is 32.9 Å². The summed E-state index contributed by atoms with van der Waals surface area (Å²) in [6.07, 6.45) is 2.03. The molecule has 0 radical (unpaired) electrons. The number of hydrogen-bond acceptors (Lipinski definition) is 3. The van der Waals surface area contributed by atoms with Crippen LogP contribution in [0.15, 0.2) is 72.8 Å². The van der Waals surface area contributed by atoms with Gasteiger partial charge in [0.2, 0.25) is 0 Å². The van der Waals surface area contributed by atoms with Crippen LogP contribution < -0.4 is 0 Å². The number of nitrogens with zero attached hydrogens (tertiary/aromatic N) is 2. The SMILES string of the molecule is CCOC1CCN(C(=O)c2cc(-c3cccc4ccccc34)nc3ccccc23)CC1. The largest absolute Gasteiger partial charge is 0.378 e. The van der Waals surface area contributed by atoms with Crippen molar-refractivity contribution in [1.29, 1.82) is 0 Å². The lowest BCUT2D eigenvalue weighted by Gasteiger charge is -2.32. The second kappa shape index (κ2) is 8.48. The minimum atomic E-state index is 0.0787. The maximum absolute atomic E-state index is 13.6. The van der Waals surface area contributed by atoms with Gasteiger partial charge in [0.05, 0.1) is 22.9 Å². The van der Waals surface area contributed by atoms with Gasteiger partial charge in [0.15, 0.2) is 0 Å². The molecule has 0 saturated carbocycles. The number of ether oxygens (including phenoxy) is 1. The number of piperidine rings is 1. The smallest absolute Gasteiger partial charge is 0.254 e. The minimum Gasteiger partial charge on any atom is -0.378 e. The number of hydrogen-bond donors (Lipinski definition) is 0. The van der Waals surface area contributed by atoms with E-state index in [0.717, 1.165) is 65.6 Å². The average molecular weight is 411 g/mol. The van der Waals surface area contributed by atoms with E-state index in [-0.39, 0.29) is 12.0 Å². The molecule has 0 N–H and O–H groups in total. The third-order valence-electron chi connectivity index (χ3n) is 6.14. The van der Waals surface area contributed by atoms with Crippen LogP contribution in [0.1, 0.15) is 30.1 Å². The normalized spacial score (nSPS) is 14.9. The van der Waals surface area contributed by atoms with E-state index in [4.69, 9.17) is 9.72 Å². The average Bonchev–Trinajstić information content (AvgIpc) is 2.83. The van der Waals surface area contributed by atoms with Gasteiger partial charge in [-0.05, 0) is 42.7 Å². The number of para-hydroxylation sites is 1. The summed E-state index contributed by atoms with van der Waals surface area (Å²) in [5, 5.41) is 3.22. The van der Waals surface area contributed by atoms with Crippen molar-refractivity contribution in [2.45, 2.75) is 25.9 Å². The van der Waals surface area contributed by atoms with Crippen LogP contribution in [-0.4, -0.2) is 41.6 Å². The lowest BCUT2D eigenvalue weighted by molar-refractivity contribution is 0.0146. The molecule has 4 nitrogen and oxygen atoms in total. The second-order valence-electron chi connectivity index (χ2n) is 8.05. The zero-order valence-electron chi connectivity index (χ0n) is 17.8. The number of benzene rings is 3. The minimum absolute atomic E-state index is 0.0787. The lowest BCUT2D eigenvalue weighted by Crippen LogP contribution is -2.41. The molecule has 1 saturated heterocycles. The van der Waals surface area contributed by atoms with Crippen molar-refractivity contribution < 1.29 is 9.53 Å². The van der Waals surface area contributed by atoms with Gasteiger partial charge < -0.3 is 9.64 Å². The van der Waals surface area contributed by atoms with Gasteiger partial charge in [-0.3, -0.25) is 4.79 Å². The molecule has 1 fully saturated rings. The summed E-state index contributed by atoms with van der Waals surface area (Å²) in [5.41, 5.74) is 3.46. The summed E-state index contributed by atoms with van der Waals surface area (Å²) in [5.74, 6) is 0.0787.